The van der Waals surface area contributed by atoms with Gasteiger partial charge in [0.05, 0.1) is 26.1 Å². The predicted octanol–water partition coefficient (Wildman–Crippen LogP) is 4.54. The normalized spacial score (nSPS) is 10.8. The van der Waals surface area contributed by atoms with Crippen molar-refractivity contribution in [2.75, 3.05) is 14.2 Å². The van der Waals surface area contributed by atoms with Crippen molar-refractivity contribution < 1.29 is 14.2 Å². The molecule has 0 fully saturated rings. The fourth-order valence-electron chi connectivity index (χ4n) is 2.98. The van der Waals surface area contributed by atoms with Crippen molar-refractivity contribution in [3.8, 4) is 28.7 Å². The Kier molecular flexibility index (Phi) is 4.38. The van der Waals surface area contributed by atoms with Gasteiger partial charge in [-0.05, 0) is 42.8 Å². The zero-order valence-electron chi connectivity index (χ0n) is 15.3. The maximum Gasteiger partial charge on any atom is 0.162 e. The topological polar surface area (TPSA) is 58.4 Å². The fourth-order valence-corrected chi connectivity index (χ4v) is 2.98. The number of aromatic nitrogens is 3. The van der Waals surface area contributed by atoms with Gasteiger partial charge in [0.25, 0.3) is 0 Å². The Balaban J connectivity index is 1.73. The van der Waals surface area contributed by atoms with E-state index in [-0.39, 0.29) is 0 Å². The number of aryl methyl sites for hydroxylation is 1. The van der Waals surface area contributed by atoms with E-state index in [1.165, 1.54) is 0 Å². The number of methoxy groups -OCH3 is 2. The van der Waals surface area contributed by atoms with Crippen LogP contribution in [0.1, 0.15) is 5.56 Å². The van der Waals surface area contributed by atoms with Gasteiger partial charge in [0.1, 0.15) is 11.5 Å². The number of benzene rings is 2. The second-order valence-corrected chi connectivity index (χ2v) is 6.06. The highest BCUT2D eigenvalue weighted by molar-refractivity contribution is 5.88. The van der Waals surface area contributed by atoms with Crippen LogP contribution in [0, 0.1) is 6.92 Å². The van der Waals surface area contributed by atoms with Crippen molar-refractivity contribution in [1.29, 1.82) is 0 Å². The quantitative estimate of drug-likeness (QED) is 0.522. The Morgan fingerprint density at radius 1 is 0.852 bits per heavy atom. The van der Waals surface area contributed by atoms with Gasteiger partial charge >= 0.3 is 0 Å². The minimum atomic E-state index is 0.634. The van der Waals surface area contributed by atoms with Gasteiger partial charge in [-0.2, -0.15) is 0 Å². The summed E-state index contributed by atoms with van der Waals surface area (Å²) in [6, 6.07) is 11.6. The van der Waals surface area contributed by atoms with Gasteiger partial charge in [-0.15, -0.1) is 0 Å². The van der Waals surface area contributed by atoms with Crippen molar-refractivity contribution in [3.63, 3.8) is 0 Å². The average Bonchev–Trinajstić information content (AvgIpc) is 3.23. The summed E-state index contributed by atoms with van der Waals surface area (Å²) in [6.45, 7) is 2.02. The molecule has 0 spiro atoms. The number of ether oxygens (including phenoxy) is 3. The summed E-state index contributed by atoms with van der Waals surface area (Å²) in [5.41, 5.74) is 2.83. The number of imidazole rings is 1. The molecule has 2 heterocycles. The Labute approximate surface area is 157 Å². The summed E-state index contributed by atoms with van der Waals surface area (Å²) >= 11 is 0. The van der Waals surface area contributed by atoms with E-state index >= 15 is 0 Å². The maximum absolute atomic E-state index is 6.21. The molecule has 0 unspecified atom stereocenters. The molecule has 0 aliphatic heterocycles. The standard InChI is InChI=1S/C21H19N3O3/c1-14-10-15(24-9-8-22-13-24)4-5-18(14)27-19-6-7-23-17-12-21(26-3)20(25-2)11-16(17)19/h4-13H,1-3H3. The van der Waals surface area contributed by atoms with E-state index in [1.54, 1.807) is 32.9 Å². The van der Waals surface area contributed by atoms with E-state index in [2.05, 4.69) is 16.0 Å². The first-order valence-electron chi connectivity index (χ1n) is 8.47. The van der Waals surface area contributed by atoms with Gasteiger partial charge in [0.15, 0.2) is 11.5 Å². The van der Waals surface area contributed by atoms with Crippen LogP contribution in [0.2, 0.25) is 0 Å². The van der Waals surface area contributed by atoms with Gasteiger partial charge in [-0.1, -0.05) is 0 Å². The second kappa shape index (κ2) is 6.99. The Morgan fingerprint density at radius 3 is 2.37 bits per heavy atom. The molecule has 0 N–H and O–H groups in total. The van der Waals surface area contributed by atoms with E-state index in [0.717, 1.165) is 27.9 Å². The molecular formula is C21H19N3O3. The average molecular weight is 361 g/mol. The number of hydrogen-bond donors (Lipinski definition) is 0. The van der Waals surface area contributed by atoms with Crippen molar-refractivity contribution in [2.45, 2.75) is 6.92 Å². The SMILES string of the molecule is COc1cc2nccc(Oc3ccc(-n4ccnc4)cc3C)c2cc1OC. The first-order valence-corrected chi connectivity index (χ1v) is 8.47. The van der Waals surface area contributed by atoms with Gasteiger partial charge in [-0.3, -0.25) is 4.98 Å². The van der Waals surface area contributed by atoms with Crippen molar-refractivity contribution >= 4 is 10.9 Å². The molecule has 136 valence electrons. The van der Waals surface area contributed by atoms with Crippen LogP contribution in [0.15, 0.2) is 61.3 Å². The molecule has 0 atom stereocenters. The van der Waals surface area contributed by atoms with E-state index < -0.39 is 0 Å². The van der Waals surface area contributed by atoms with Crippen LogP contribution >= 0.6 is 0 Å². The molecule has 0 bridgehead atoms. The van der Waals surface area contributed by atoms with Gasteiger partial charge in [0, 0.05) is 35.7 Å². The molecule has 0 aliphatic carbocycles. The lowest BCUT2D eigenvalue weighted by Crippen LogP contribution is -1.95. The number of rotatable bonds is 5. The van der Waals surface area contributed by atoms with Crippen molar-refractivity contribution in [3.05, 3.63) is 66.9 Å². The van der Waals surface area contributed by atoms with Crippen LogP contribution in [0.5, 0.6) is 23.0 Å². The van der Waals surface area contributed by atoms with Gasteiger partial charge < -0.3 is 18.8 Å². The van der Waals surface area contributed by atoms with Crippen LogP contribution in [-0.4, -0.2) is 28.8 Å². The summed E-state index contributed by atoms with van der Waals surface area (Å²) in [6.07, 6.45) is 7.15. The lowest BCUT2D eigenvalue weighted by atomic mass is 10.1. The van der Waals surface area contributed by atoms with Crippen LogP contribution in [0.3, 0.4) is 0 Å². The van der Waals surface area contributed by atoms with E-state index in [1.807, 2.05) is 48.0 Å². The molecular weight excluding hydrogens is 342 g/mol. The number of pyridine rings is 1. The zero-order valence-corrected chi connectivity index (χ0v) is 15.3. The monoisotopic (exact) mass is 361 g/mol. The first kappa shape index (κ1) is 16.9. The van der Waals surface area contributed by atoms with Crippen LogP contribution in [0.25, 0.3) is 16.6 Å². The van der Waals surface area contributed by atoms with Gasteiger partial charge in [0.2, 0.25) is 0 Å². The van der Waals surface area contributed by atoms with E-state index in [4.69, 9.17) is 14.2 Å². The third-order valence-electron chi connectivity index (χ3n) is 4.39. The lowest BCUT2D eigenvalue weighted by molar-refractivity contribution is 0.355. The third kappa shape index (κ3) is 3.17. The molecule has 4 rings (SSSR count). The van der Waals surface area contributed by atoms with Crippen LogP contribution in [-0.2, 0) is 0 Å². The van der Waals surface area contributed by atoms with Gasteiger partial charge in [-0.25, -0.2) is 4.98 Å². The molecule has 6 nitrogen and oxygen atoms in total. The smallest absolute Gasteiger partial charge is 0.162 e. The summed E-state index contributed by atoms with van der Waals surface area (Å²) in [5, 5.41) is 0.855. The number of fused-ring (bicyclic) bond motifs is 1. The highest BCUT2D eigenvalue weighted by Gasteiger charge is 2.12. The van der Waals surface area contributed by atoms with Crippen molar-refractivity contribution in [1.82, 2.24) is 14.5 Å². The van der Waals surface area contributed by atoms with Crippen LogP contribution < -0.4 is 14.2 Å². The molecule has 2 aromatic heterocycles. The lowest BCUT2D eigenvalue weighted by Gasteiger charge is -2.14. The Bertz CT molecular complexity index is 1090. The number of nitrogens with zero attached hydrogens (tertiary/aromatic N) is 3. The molecule has 2 aromatic carbocycles. The highest BCUT2D eigenvalue weighted by atomic mass is 16.5. The minimum absolute atomic E-state index is 0.634. The largest absolute Gasteiger partial charge is 0.493 e. The molecule has 6 heteroatoms. The molecule has 0 saturated heterocycles. The predicted molar refractivity (Wildman–Crippen MR) is 103 cm³/mol. The molecule has 0 aliphatic rings. The maximum atomic E-state index is 6.21. The van der Waals surface area contributed by atoms with Crippen LogP contribution in [0.4, 0.5) is 0 Å². The second-order valence-electron chi connectivity index (χ2n) is 6.06. The zero-order chi connectivity index (χ0) is 18.8. The Morgan fingerprint density at radius 2 is 1.67 bits per heavy atom. The number of hydrogen-bond acceptors (Lipinski definition) is 5. The van der Waals surface area contributed by atoms with Crippen molar-refractivity contribution in [2.24, 2.45) is 0 Å². The Hall–Kier alpha value is -3.54. The summed E-state index contributed by atoms with van der Waals surface area (Å²) in [4.78, 5) is 8.50. The third-order valence-corrected chi connectivity index (χ3v) is 4.39. The first-order chi connectivity index (χ1) is 13.2. The molecule has 0 radical (unpaired) electrons. The summed E-state index contributed by atoms with van der Waals surface area (Å²) in [5.74, 6) is 2.76. The fraction of sp³-hybridized carbons (Fsp3) is 0.143. The molecule has 0 amide bonds. The molecule has 27 heavy (non-hydrogen) atoms. The summed E-state index contributed by atoms with van der Waals surface area (Å²) in [7, 11) is 3.22. The molecule has 4 aromatic rings. The molecule has 0 saturated carbocycles. The van der Waals surface area contributed by atoms with E-state index in [0.29, 0.717) is 17.2 Å². The van der Waals surface area contributed by atoms with E-state index in [9.17, 15) is 0 Å². The minimum Gasteiger partial charge on any atom is -0.493 e. The summed E-state index contributed by atoms with van der Waals surface area (Å²) < 4.78 is 18.9. The highest BCUT2D eigenvalue weighted by Crippen LogP contribution is 2.37.